The van der Waals surface area contributed by atoms with E-state index in [1.165, 1.54) is 0 Å². The van der Waals surface area contributed by atoms with Gasteiger partial charge in [0.1, 0.15) is 11.5 Å². The van der Waals surface area contributed by atoms with E-state index in [1.54, 1.807) is 0 Å². The maximum atomic E-state index is 9.04. The van der Waals surface area contributed by atoms with Crippen molar-refractivity contribution in [1.82, 2.24) is 0 Å². The molecule has 0 spiro atoms. The average molecular weight is 244 g/mol. The maximum Gasteiger partial charge on any atom is 0.127 e. The highest BCUT2D eigenvalue weighted by Gasteiger charge is 1.99. The third kappa shape index (κ3) is 3.32. The minimum absolute atomic E-state index is 0.00659. The van der Waals surface area contributed by atoms with Gasteiger partial charge in [0.05, 0.1) is 6.61 Å². The molecule has 3 heteroatoms. The lowest BCUT2D eigenvalue weighted by Crippen LogP contribution is -1.91. The summed E-state index contributed by atoms with van der Waals surface area (Å²) in [6.45, 7) is 0.158. The molecule has 2 aromatic rings. The molecule has 0 atom stereocenters. The molecule has 2 rings (SSSR count). The molecular formula is C15H16O3. The molecular weight excluding hydrogens is 228 g/mol. The Morgan fingerprint density at radius 3 is 2.28 bits per heavy atom. The number of hydrogen-bond acceptors (Lipinski definition) is 3. The highest BCUT2D eigenvalue weighted by molar-refractivity contribution is 5.35. The smallest absolute Gasteiger partial charge is 0.127 e. The topological polar surface area (TPSA) is 49.7 Å². The van der Waals surface area contributed by atoms with E-state index in [0.29, 0.717) is 12.2 Å². The fourth-order valence-electron chi connectivity index (χ4n) is 1.70. The predicted octanol–water partition coefficient (Wildman–Crippen LogP) is 2.51. The second-order valence-corrected chi connectivity index (χ2v) is 4.03. The molecule has 0 unspecified atom stereocenters. The lowest BCUT2D eigenvalue weighted by Gasteiger charge is -2.07. The van der Waals surface area contributed by atoms with E-state index >= 15 is 0 Å². The zero-order chi connectivity index (χ0) is 12.8. The van der Waals surface area contributed by atoms with Crippen LogP contribution in [0.25, 0.3) is 0 Å². The first-order chi connectivity index (χ1) is 8.81. The van der Waals surface area contributed by atoms with Crippen molar-refractivity contribution in [2.45, 2.75) is 13.0 Å². The van der Waals surface area contributed by atoms with Crippen LogP contribution in [-0.4, -0.2) is 16.8 Å². The van der Waals surface area contributed by atoms with Crippen molar-refractivity contribution in [2.24, 2.45) is 0 Å². The molecule has 0 aliphatic rings. The van der Waals surface area contributed by atoms with Gasteiger partial charge in [-0.1, -0.05) is 24.3 Å². The van der Waals surface area contributed by atoms with Crippen LogP contribution in [0.15, 0.2) is 48.5 Å². The third-order valence-electron chi connectivity index (χ3n) is 2.64. The first-order valence-corrected chi connectivity index (χ1v) is 5.89. The lowest BCUT2D eigenvalue weighted by atomic mass is 10.1. The Morgan fingerprint density at radius 1 is 0.833 bits per heavy atom. The van der Waals surface area contributed by atoms with E-state index in [-0.39, 0.29) is 13.2 Å². The Bertz CT molecular complexity index is 491. The number of aliphatic hydroxyl groups excluding tert-OH is 2. The van der Waals surface area contributed by atoms with E-state index < -0.39 is 0 Å². The molecule has 0 heterocycles. The Kier molecular flexibility index (Phi) is 4.34. The van der Waals surface area contributed by atoms with Crippen LogP contribution < -0.4 is 4.74 Å². The maximum absolute atomic E-state index is 9.04. The van der Waals surface area contributed by atoms with Gasteiger partial charge in [-0.25, -0.2) is 0 Å². The molecule has 0 aliphatic heterocycles. The standard InChI is InChI=1S/C15H16O3/c16-9-8-12-4-6-14(7-5-12)18-15-3-1-2-13(10-15)11-17/h1-7,10,16-17H,8-9,11H2. The lowest BCUT2D eigenvalue weighted by molar-refractivity contribution is 0.281. The molecule has 0 aromatic heterocycles. The van der Waals surface area contributed by atoms with Gasteiger partial charge >= 0.3 is 0 Å². The van der Waals surface area contributed by atoms with E-state index in [2.05, 4.69) is 0 Å². The molecule has 0 aliphatic carbocycles. The van der Waals surface area contributed by atoms with Crippen LogP contribution in [0.4, 0.5) is 0 Å². The Balaban J connectivity index is 2.08. The largest absolute Gasteiger partial charge is 0.457 e. The molecule has 2 aromatic carbocycles. The Labute approximate surface area is 106 Å². The molecule has 18 heavy (non-hydrogen) atoms. The summed E-state index contributed by atoms with van der Waals surface area (Å²) < 4.78 is 5.68. The highest BCUT2D eigenvalue weighted by Crippen LogP contribution is 2.22. The second kappa shape index (κ2) is 6.19. The quantitative estimate of drug-likeness (QED) is 0.849. The molecule has 0 amide bonds. The van der Waals surface area contributed by atoms with Gasteiger partial charge in [-0.05, 0) is 41.8 Å². The van der Waals surface area contributed by atoms with Crippen LogP contribution >= 0.6 is 0 Å². The van der Waals surface area contributed by atoms with Gasteiger partial charge in [-0.2, -0.15) is 0 Å². The number of hydrogen-bond donors (Lipinski definition) is 2. The SMILES string of the molecule is OCCc1ccc(Oc2cccc(CO)c2)cc1. The van der Waals surface area contributed by atoms with Crippen molar-refractivity contribution in [1.29, 1.82) is 0 Å². The molecule has 0 saturated carbocycles. The zero-order valence-corrected chi connectivity index (χ0v) is 10.0. The van der Waals surface area contributed by atoms with Crippen molar-refractivity contribution in [3.05, 3.63) is 59.7 Å². The van der Waals surface area contributed by atoms with Crippen molar-refractivity contribution < 1.29 is 14.9 Å². The summed E-state index contributed by atoms with van der Waals surface area (Å²) >= 11 is 0. The van der Waals surface area contributed by atoms with E-state index in [9.17, 15) is 0 Å². The molecule has 94 valence electrons. The highest BCUT2D eigenvalue weighted by atomic mass is 16.5. The molecule has 0 fully saturated rings. The van der Waals surface area contributed by atoms with Gasteiger partial charge in [-0.3, -0.25) is 0 Å². The van der Waals surface area contributed by atoms with Crippen molar-refractivity contribution >= 4 is 0 Å². The van der Waals surface area contributed by atoms with E-state index in [1.807, 2.05) is 48.5 Å². The zero-order valence-electron chi connectivity index (χ0n) is 10.0. The van der Waals surface area contributed by atoms with Gasteiger partial charge in [0.25, 0.3) is 0 Å². The third-order valence-corrected chi connectivity index (χ3v) is 2.64. The summed E-state index contributed by atoms with van der Waals surface area (Å²) in [4.78, 5) is 0. The Morgan fingerprint density at radius 2 is 1.61 bits per heavy atom. The number of aliphatic hydroxyl groups is 2. The van der Waals surface area contributed by atoms with Crippen LogP contribution in [-0.2, 0) is 13.0 Å². The molecule has 0 saturated heterocycles. The van der Waals surface area contributed by atoms with Crippen LogP contribution in [0.3, 0.4) is 0 Å². The predicted molar refractivity (Wildman–Crippen MR) is 69.7 cm³/mol. The number of rotatable bonds is 5. The van der Waals surface area contributed by atoms with Crippen LogP contribution in [0.1, 0.15) is 11.1 Å². The van der Waals surface area contributed by atoms with Crippen molar-refractivity contribution in [2.75, 3.05) is 6.61 Å². The van der Waals surface area contributed by atoms with Crippen LogP contribution in [0, 0.1) is 0 Å². The Hall–Kier alpha value is -1.84. The molecule has 0 bridgehead atoms. The molecule has 2 N–H and O–H groups in total. The minimum Gasteiger partial charge on any atom is -0.457 e. The monoisotopic (exact) mass is 244 g/mol. The van der Waals surface area contributed by atoms with Gasteiger partial charge < -0.3 is 14.9 Å². The first kappa shape index (κ1) is 12.6. The van der Waals surface area contributed by atoms with Crippen molar-refractivity contribution in [3.63, 3.8) is 0 Å². The average Bonchev–Trinajstić information content (AvgIpc) is 2.42. The van der Waals surface area contributed by atoms with E-state index in [4.69, 9.17) is 14.9 Å². The molecule has 0 radical (unpaired) electrons. The van der Waals surface area contributed by atoms with Gasteiger partial charge in [0.15, 0.2) is 0 Å². The normalized spacial score (nSPS) is 10.3. The number of ether oxygens (including phenoxy) is 1. The van der Waals surface area contributed by atoms with Crippen LogP contribution in [0.5, 0.6) is 11.5 Å². The van der Waals surface area contributed by atoms with Gasteiger partial charge in [0.2, 0.25) is 0 Å². The first-order valence-electron chi connectivity index (χ1n) is 5.89. The van der Waals surface area contributed by atoms with Crippen molar-refractivity contribution in [3.8, 4) is 11.5 Å². The van der Waals surface area contributed by atoms with Crippen LogP contribution in [0.2, 0.25) is 0 Å². The number of benzene rings is 2. The second-order valence-electron chi connectivity index (χ2n) is 4.03. The summed E-state index contributed by atoms with van der Waals surface area (Å²) in [6.07, 6.45) is 0.653. The molecule has 3 nitrogen and oxygen atoms in total. The summed E-state index contributed by atoms with van der Waals surface area (Å²) in [6, 6.07) is 15.0. The summed E-state index contributed by atoms with van der Waals surface area (Å²) in [7, 11) is 0. The van der Waals surface area contributed by atoms with Gasteiger partial charge in [-0.15, -0.1) is 0 Å². The van der Waals surface area contributed by atoms with E-state index in [0.717, 1.165) is 16.9 Å². The van der Waals surface area contributed by atoms with Gasteiger partial charge in [0, 0.05) is 6.61 Å². The summed E-state index contributed by atoms with van der Waals surface area (Å²) in [5.41, 5.74) is 1.90. The fraction of sp³-hybridized carbons (Fsp3) is 0.200. The fourth-order valence-corrected chi connectivity index (χ4v) is 1.70. The summed E-state index contributed by atoms with van der Waals surface area (Å²) in [5, 5.41) is 17.9. The minimum atomic E-state index is 0.00659. The summed E-state index contributed by atoms with van der Waals surface area (Å²) in [5.74, 6) is 1.45.